The Balaban J connectivity index is 3.16. The molecule has 140 valence electrons. The number of hydrogen-bond donors (Lipinski definition) is 0. The lowest BCUT2D eigenvalue weighted by Crippen LogP contribution is -2.43. The van der Waals surface area contributed by atoms with E-state index >= 15 is 0 Å². The molecule has 25 heavy (non-hydrogen) atoms. The summed E-state index contributed by atoms with van der Waals surface area (Å²) < 4.78 is 38.8. The van der Waals surface area contributed by atoms with E-state index in [1.165, 1.54) is 6.92 Å². The van der Waals surface area contributed by atoms with E-state index in [-0.39, 0.29) is 23.2 Å². The maximum atomic E-state index is 12.9. The summed E-state index contributed by atoms with van der Waals surface area (Å²) in [7, 11) is 0. The number of amides is 2. The monoisotopic (exact) mass is 378 g/mol. The van der Waals surface area contributed by atoms with E-state index in [1.807, 2.05) is 13.8 Å². The van der Waals surface area contributed by atoms with E-state index in [2.05, 4.69) is 0 Å². The summed E-state index contributed by atoms with van der Waals surface area (Å²) in [5, 5.41) is -0.0199. The maximum Gasteiger partial charge on any atom is 0.416 e. The minimum atomic E-state index is -4.57. The second-order valence-corrected chi connectivity index (χ2v) is 6.06. The van der Waals surface area contributed by atoms with Crippen molar-refractivity contribution >= 4 is 29.1 Å². The molecule has 0 fully saturated rings. The molecule has 0 bridgehead atoms. The number of rotatable bonds is 7. The van der Waals surface area contributed by atoms with Gasteiger partial charge in [0, 0.05) is 20.0 Å². The highest BCUT2D eigenvalue weighted by atomic mass is 35.5. The van der Waals surface area contributed by atoms with Gasteiger partial charge in [-0.25, -0.2) is 0 Å². The zero-order valence-corrected chi connectivity index (χ0v) is 15.2. The summed E-state index contributed by atoms with van der Waals surface area (Å²) in [5.74, 6) is -0.880. The fraction of sp³-hybridized carbons (Fsp3) is 0.529. The first-order chi connectivity index (χ1) is 11.6. The summed E-state index contributed by atoms with van der Waals surface area (Å²) in [6.07, 6.45) is -3.07. The van der Waals surface area contributed by atoms with Gasteiger partial charge in [-0.3, -0.25) is 9.59 Å². The summed E-state index contributed by atoms with van der Waals surface area (Å²) >= 11 is 5.98. The molecule has 0 N–H and O–H groups in total. The molecule has 0 saturated carbocycles. The molecule has 0 heterocycles. The van der Waals surface area contributed by atoms with Crippen LogP contribution in [0, 0.1) is 0 Å². The van der Waals surface area contributed by atoms with Gasteiger partial charge in [-0.15, -0.1) is 0 Å². The smallest absolute Gasteiger partial charge is 0.341 e. The first-order valence-corrected chi connectivity index (χ1v) is 8.42. The van der Waals surface area contributed by atoms with Gasteiger partial charge in [-0.1, -0.05) is 25.4 Å². The number of halogens is 4. The lowest BCUT2D eigenvalue weighted by atomic mass is 10.1. The van der Waals surface area contributed by atoms with E-state index in [0.717, 1.165) is 35.9 Å². The van der Waals surface area contributed by atoms with E-state index < -0.39 is 17.6 Å². The Labute approximate surface area is 150 Å². The van der Waals surface area contributed by atoms with Crippen LogP contribution in [0.4, 0.5) is 18.9 Å². The maximum absolute atomic E-state index is 12.9. The van der Waals surface area contributed by atoms with Crippen LogP contribution in [0.25, 0.3) is 0 Å². The third kappa shape index (κ3) is 5.92. The molecule has 0 atom stereocenters. The standard InChI is InChI=1S/C17H22ClF3N2O2/c1-4-8-22(9-5-2)16(25)11-23(12(3)24)15-10-13(17(19,20)21)6-7-14(15)18/h6-7,10H,4-5,8-9,11H2,1-3H3. The number of carbonyl (C=O) groups excluding carboxylic acids is 2. The van der Waals surface area contributed by atoms with Gasteiger partial charge < -0.3 is 9.80 Å². The van der Waals surface area contributed by atoms with Gasteiger partial charge in [0.05, 0.1) is 16.3 Å². The molecule has 0 saturated heterocycles. The van der Waals surface area contributed by atoms with Crippen LogP contribution >= 0.6 is 11.6 Å². The number of nitrogens with zero attached hydrogens (tertiary/aromatic N) is 2. The highest BCUT2D eigenvalue weighted by Crippen LogP contribution is 2.35. The van der Waals surface area contributed by atoms with Gasteiger partial charge in [0.25, 0.3) is 0 Å². The zero-order valence-electron chi connectivity index (χ0n) is 14.5. The van der Waals surface area contributed by atoms with Gasteiger partial charge in [-0.2, -0.15) is 13.2 Å². The molecule has 0 aliphatic heterocycles. The molecule has 0 aromatic heterocycles. The van der Waals surface area contributed by atoms with Crippen LogP contribution in [0.1, 0.15) is 39.2 Å². The van der Waals surface area contributed by atoms with Crippen molar-refractivity contribution in [1.29, 1.82) is 0 Å². The van der Waals surface area contributed by atoms with Crippen LogP contribution in [0.5, 0.6) is 0 Å². The number of anilines is 1. The van der Waals surface area contributed by atoms with Crippen molar-refractivity contribution in [2.45, 2.75) is 39.8 Å². The third-order valence-electron chi connectivity index (χ3n) is 3.58. The highest BCUT2D eigenvalue weighted by molar-refractivity contribution is 6.34. The summed E-state index contributed by atoms with van der Waals surface area (Å²) in [5.41, 5.74) is -1.05. The van der Waals surface area contributed by atoms with Crippen molar-refractivity contribution in [2.75, 3.05) is 24.5 Å². The Bertz CT molecular complexity index is 614. The van der Waals surface area contributed by atoms with Gasteiger partial charge >= 0.3 is 6.18 Å². The first-order valence-electron chi connectivity index (χ1n) is 8.04. The molecule has 0 aliphatic rings. The average molecular weight is 379 g/mol. The Morgan fingerprint density at radius 1 is 1.12 bits per heavy atom. The SMILES string of the molecule is CCCN(CCC)C(=O)CN(C(C)=O)c1cc(C(F)(F)F)ccc1Cl. The number of benzene rings is 1. The molecule has 1 aromatic carbocycles. The average Bonchev–Trinajstić information content (AvgIpc) is 2.51. The molecule has 1 aromatic rings. The van der Waals surface area contributed by atoms with Crippen LogP contribution in [0.2, 0.25) is 5.02 Å². The molecule has 2 amide bonds. The van der Waals surface area contributed by atoms with Gasteiger partial charge in [-0.05, 0) is 31.0 Å². The molecule has 4 nitrogen and oxygen atoms in total. The normalized spacial score (nSPS) is 11.3. The molecule has 1 rings (SSSR count). The van der Waals surface area contributed by atoms with Crippen LogP contribution in [0.15, 0.2) is 18.2 Å². The van der Waals surface area contributed by atoms with Crippen LogP contribution in [0.3, 0.4) is 0 Å². The topological polar surface area (TPSA) is 40.6 Å². The van der Waals surface area contributed by atoms with E-state index in [0.29, 0.717) is 13.1 Å². The molecule has 0 spiro atoms. The Morgan fingerprint density at radius 3 is 2.12 bits per heavy atom. The lowest BCUT2D eigenvalue weighted by Gasteiger charge is -2.27. The fourth-order valence-corrected chi connectivity index (χ4v) is 2.62. The minimum Gasteiger partial charge on any atom is -0.341 e. The van der Waals surface area contributed by atoms with Crippen molar-refractivity contribution in [3.8, 4) is 0 Å². The zero-order chi connectivity index (χ0) is 19.2. The van der Waals surface area contributed by atoms with Crippen molar-refractivity contribution in [1.82, 2.24) is 4.90 Å². The fourth-order valence-electron chi connectivity index (χ4n) is 2.40. The van der Waals surface area contributed by atoms with Crippen LogP contribution in [-0.4, -0.2) is 36.3 Å². The second-order valence-electron chi connectivity index (χ2n) is 5.65. The molecule has 0 unspecified atom stereocenters. The van der Waals surface area contributed by atoms with Crippen molar-refractivity contribution in [2.24, 2.45) is 0 Å². The van der Waals surface area contributed by atoms with Gasteiger partial charge in [0.2, 0.25) is 11.8 Å². The summed E-state index contributed by atoms with van der Waals surface area (Å²) in [6, 6.07) is 2.71. The van der Waals surface area contributed by atoms with Crippen molar-refractivity contribution in [3.63, 3.8) is 0 Å². The third-order valence-corrected chi connectivity index (χ3v) is 3.90. The van der Waals surface area contributed by atoms with Crippen molar-refractivity contribution < 1.29 is 22.8 Å². The number of hydrogen-bond acceptors (Lipinski definition) is 2. The highest BCUT2D eigenvalue weighted by Gasteiger charge is 2.32. The van der Waals surface area contributed by atoms with E-state index in [1.54, 1.807) is 4.90 Å². The first kappa shape index (κ1) is 21.3. The molecular weight excluding hydrogens is 357 g/mol. The van der Waals surface area contributed by atoms with Crippen LogP contribution < -0.4 is 4.90 Å². The van der Waals surface area contributed by atoms with E-state index in [9.17, 15) is 22.8 Å². The largest absolute Gasteiger partial charge is 0.416 e. The minimum absolute atomic E-state index is 0.0199. The Hall–Kier alpha value is -1.76. The van der Waals surface area contributed by atoms with Gasteiger partial charge in [0.1, 0.15) is 6.54 Å². The van der Waals surface area contributed by atoms with Gasteiger partial charge in [0.15, 0.2) is 0 Å². The lowest BCUT2D eigenvalue weighted by molar-refractivity contribution is -0.137. The van der Waals surface area contributed by atoms with E-state index in [4.69, 9.17) is 11.6 Å². The molecule has 0 aliphatic carbocycles. The quantitative estimate of drug-likeness (QED) is 0.707. The predicted molar refractivity (Wildman–Crippen MR) is 91.6 cm³/mol. The molecule has 0 radical (unpaired) electrons. The van der Waals surface area contributed by atoms with Crippen LogP contribution in [-0.2, 0) is 15.8 Å². The Kier molecular flexibility index (Phi) is 7.73. The predicted octanol–water partition coefficient (Wildman–Crippen LogP) is 4.36. The molecular formula is C17H22ClF3N2O2. The number of carbonyl (C=O) groups is 2. The summed E-state index contributed by atoms with van der Waals surface area (Å²) in [6.45, 7) is 5.72. The second kappa shape index (κ2) is 9.08. The summed E-state index contributed by atoms with van der Waals surface area (Å²) in [4.78, 5) is 27.0. The Morgan fingerprint density at radius 2 is 1.68 bits per heavy atom. The molecule has 8 heteroatoms. The number of alkyl halides is 3. The van der Waals surface area contributed by atoms with Crippen molar-refractivity contribution in [3.05, 3.63) is 28.8 Å².